The fourth-order valence-corrected chi connectivity index (χ4v) is 6.11. The van der Waals surface area contributed by atoms with Crippen molar-refractivity contribution in [2.45, 2.75) is 177 Å². The molecule has 4 amide bonds. The molecule has 0 saturated carbocycles. The van der Waals surface area contributed by atoms with Crippen LogP contribution < -0.4 is 21.3 Å². The van der Waals surface area contributed by atoms with Crippen molar-refractivity contribution in [3.05, 3.63) is 0 Å². The van der Waals surface area contributed by atoms with Gasteiger partial charge in [-0.25, -0.2) is 0 Å². The molecule has 4 N–H and O–H groups in total. The summed E-state index contributed by atoms with van der Waals surface area (Å²) >= 11 is 0. The summed E-state index contributed by atoms with van der Waals surface area (Å²) in [5.41, 5.74) is -4.33. The van der Waals surface area contributed by atoms with Gasteiger partial charge in [-0.2, -0.15) is 0 Å². The van der Waals surface area contributed by atoms with Crippen LogP contribution in [0.1, 0.15) is 137 Å². The molecule has 0 aromatic rings. The van der Waals surface area contributed by atoms with Gasteiger partial charge in [0.25, 0.3) is 0 Å². The number of nitrogens with one attached hydrogen (secondary N) is 4. The van der Waals surface area contributed by atoms with Crippen molar-refractivity contribution >= 4 is 53.5 Å². The van der Waals surface area contributed by atoms with Crippen molar-refractivity contribution in [3.8, 4) is 0 Å². The van der Waals surface area contributed by atoms with E-state index < -0.39 is 101 Å². The number of ether oxygens (including phenoxy) is 5. The van der Waals surface area contributed by atoms with E-state index in [1.165, 1.54) is 9.80 Å². The molecule has 21 nitrogen and oxygen atoms in total. The van der Waals surface area contributed by atoms with Crippen LogP contribution in [0.25, 0.3) is 0 Å². The Morgan fingerprint density at radius 2 is 0.809 bits per heavy atom. The van der Waals surface area contributed by atoms with E-state index in [1.807, 2.05) is 0 Å². The summed E-state index contributed by atoms with van der Waals surface area (Å²) in [5, 5.41) is 10.1. The number of carbonyl (C=O) groups excluding carboxylic acids is 9. The highest BCUT2D eigenvalue weighted by Crippen LogP contribution is 2.18. The maximum absolute atomic E-state index is 14.2. The van der Waals surface area contributed by atoms with Crippen molar-refractivity contribution < 1.29 is 66.8 Å². The molecule has 0 saturated heterocycles. The van der Waals surface area contributed by atoms with E-state index in [4.69, 9.17) is 23.7 Å². The predicted molar refractivity (Wildman–Crippen MR) is 254 cm³/mol. The van der Waals surface area contributed by atoms with Crippen molar-refractivity contribution in [2.24, 2.45) is 0 Å². The Labute approximate surface area is 404 Å². The summed E-state index contributed by atoms with van der Waals surface area (Å²) in [6.45, 7) is 27.0. The number of amides is 4. The average Bonchev–Trinajstić information content (AvgIpc) is 3.11. The molecule has 0 bridgehead atoms. The van der Waals surface area contributed by atoms with E-state index >= 15 is 0 Å². The first-order chi connectivity index (χ1) is 30.9. The summed E-state index contributed by atoms with van der Waals surface area (Å²) in [7, 11) is 0. The summed E-state index contributed by atoms with van der Waals surface area (Å²) in [6, 6.07) is -1.95. The first kappa shape index (κ1) is 63.1. The molecule has 0 radical (unpaired) electrons. The van der Waals surface area contributed by atoms with Gasteiger partial charge in [-0.05, 0) is 124 Å². The Kier molecular flexibility index (Phi) is 26.5. The molecule has 2 atom stereocenters. The smallest absolute Gasteiger partial charge is 0.323 e. The third kappa shape index (κ3) is 32.8. The molecule has 0 aromatic heterocycles. The topological polar surface area (TPSA) is 258 Å². The van der Waals surface area contributed by atoms with E-state index in [0.29, 0.717) is 13.0 Å². The van der Waals surface area contributed by atoms with Gasteiger partial charge >= 0.3 is 29.8 Å². The van der Waals surface area contributed by atoms with Crippen molar-refractivity contribution in [3.63, 3.8) is 0 Å². The summed E-state index contributed by atoms with van der Waals surface area (Å²) in [5.74, 6) is -5.47. The van der Waals surface area contributed by atoms with E-state index in [2.05, 4.69) is 21.3 Å². The molecular weight excluding hydrogens is 887 g/mol. The Hall–Kier alpha value is -4.89. The van der Waals surface area contributed by atoms with Crippen LogP contribution in [-0.2, 0) is 66.8 Å². The van der Waals surface area contributed by atoms with Gasteiger partial charge in [0.2, 0.25) is 23.6 Å². The number of nitrogens with zero attached hydrogens (tertiary/aromatic N) is 3. The first-order valence-corrected chi connectivity index (χ1v) is 23.3. The molecule has 68 heavy (non-hydrogen) atoms. The number of carbonyl (C=O) groups is 9. The van der Waals surface area contributed by atoms with Gasteiger partial charge in [0, 0.05) is 39.1 Å². The van der Waals surface area contributed by atoms with Gasteiger partial charge in [0.15, 0.2) is 0 Å². The number of likely N-dealkylation sites (N-methyl/N-ethyl adjacent to an activating group) is 1. The Bertz CT molecular complexity index is 1560. The monoisotopic (exact) mass is 972 g/mol. The largest absolute Gasteiger partial charge is 0.459 e. The number of rotatable bonds is 27. The standard InChI is InChI=1S/C47H85N7O14/c1-18-32(41(62)48-19-2)51-36(57)27-50-35(56)26-49-34(55)21-20-33(42(63)68-47(15,16)17)54(24-22-52(28-37(58)64-43(3,4)5)29-38(59)65-44(6,7)8)25-23-53(30-39(60)66-45(9,10)11)31-40(61)67-46(12,13)14/h32-33H,18-31H2,1-17H3,(H,48,62)(H,49,55)(H,50,56)(H,51,57)/t32-,33-/m0/s1. The van der Waals surface area contributed by atoms with Crippen molar-refractivity contribution in [1.29, 1.82) is 0 Å². The maximum Gasteiger partial charge on any atom is 0.323 e. The quantitative estimate of drug-likeness (QED) is 0.0678. The molecule has 0 aliphatic rings. The van der Waals surface area contributed by atoms with Gasteiger partial charge in [-0.15, -0.1) is 0 Å². The van der Waals surface area contributed by atoms with Crippen LogP contribution in [0.2, 0.25) is 0 Å². The lowest BCUT2D eigenvalue weighted by molar-refractivity contribution is -0.165. The molecule has 21 heteroatoms. The van der Waals surface area contributed by atoms with Crippen molar-refractivity contribution in [1.82, 2.24) is 36.0 Å². The zero-order valence-electron chi connectivity index (χ0n) is 44.1. The SMILES string of the molecule is CCNC(=O)[C@H](CC)NC(=O)CNC(=O)CNC(=O)CC[C@@H](C(=O)OC(C)(C)C)N(CCN(CC(=O)OC(C)(C)C)CC(=O)OC(C)(C)C)CCN(CC(=O)OC(C)(C)C)CC(=O)OC(C)(C)C. The number of hydrogen-bond acceptors (Lipinski definition) is 17. The Morgan fingerprint density at radius 3 is 1.15 bits per heavy atom. The van der Waals surface area contributed by atoms with Gasteiger partial charge in [-0.3, -0.25) is 57.9 Å². The Balaban J connectivity index is 6.85. The van der Waals surface area contributed by atoms with Gasteiger partial charge in [0.1, 0.15) is 40.1 Å². The highest BCUT2D eigenvalue weighted by atomic mass is 16.6. The van der Waals surface area contributed by atoms with E-state index in [1.54, 1.807) is 123 Å². The zero-order valence-corrected chi connectivity index (χ0v) is 44.1. The third-order valence-electron chi connectivity index (χ3n) is 8.57. The molecule has 392 valence electrons. The number of esters is 5. The van der Waals surface area contributed by atoms with Crippen LogP contribution in [0.5, 0.6) is 0 Å². The molecule has 0 unspecified atom stereocenters. The van der Waals surface area contributed by atoms with Crippen LogP contribution in [0, 0.1) is 0 Å². The second kappa shape index (κ2) is 28.6. The van der Waals surface area contributed by atoms with Gasteiger partial charge in [-0.1, -0.05) is 6.92 Å². The molecule has 0 rings (SSSR count). The molecule has 0 aliphatic carbocycles. The average molecular weight is 972 g/mol. The fourth-order valence-electron chi connectivity index (χ4n) is 6.11. The highest BCUT2D eigenvalue weighted by molar-refractivity contribution is 5.91. The van der Waals surface area contributed by atoms with Crippen molar-refractivity contribution in [2.75, 3.05) is 72.0 Å². The van der Waals surface area contributed by atoms with Gasteiger partial charge < -0.3 is 45.0 Å². The second-order valence-corrected chi connectivity index (χ2v) is 21.4. The third-order valence-corrected chi connectivity index (χ3v) is 8.57. The van der Waals surface area contributed by atoms with Crippen LogP contribution >= 0.6 is 0 Å². The molecule has 0 spiro atoms. The van der Waals surface area contributed by atoms with Crippen LogP contribution in [0.4, 0.5) is 0 Å². The molecule has 0 aliphatic heterocycles. The summed E-state index contributed by atoms with van der Waals surface area (Å²) in [6.07, 6.45) is -0.118. The molecular formula is C47H85N7O14. The minimum atomic E-state index is -1.16. The fraction of sp³-hybridized carbons (Fsp3) is 0.809. The maximum atomic E-state index is 14.2. The molecule has 0 heterocycles. The minimum Gasteiger partial charge on any atom is -0.459 e. The van der Waals surface area contributed by atoms with E-state index in [9.17, 15) is 43.2 Å². The molecule has 0 fully saturated rings. The van der Waals surface area contributed by atoms with Crippen LogP contribution in [-0.4, -0.2) is 180 Å². The lowest BCUT2D eigenvalue weighted by atomic mass is 10.1. The van der Waals surface area contributed by atoms with Crippen LogP contribution in [0.15, 0.2) is 0 Å². The normalized spacial score (nSPS) is 13.2. The van der Waals surface area contributed by atoms with E-state index in [0.717, 1.165) is 0 Å². The van der Waals surface area contributed by atoms with E-state index in [-0.39, 0.29) is 71.1 Å². The Morgan fingerprint density at radius 1 is 0.456 bits per heavy atom. The number of hydrogen-bond donors (Lipinski definition) is 4. The lowest BCUT2D eigenvalue weighted by Crippen LogP contribution is -2.52. The molecule has 0 aromatic carbocycles. The minimum absolute atomic E-state index is 0.0157. The zero-order chi connectivity index (χ0) is 52.8. The highest BCUT2D eigenvalue weighted by Gasteiger charge is 2.34. The lowest BCUT2D eigenvalue weighted by Gasteiger charge is -2.35. The summed E-state index contributed by atoms with van der Waals surface area (Å²) < 4.78 is 28.1. The second-order valence-electron chi connectivity index (χ2n) is 21.4. The van der Waals surface area contributed by atoms with Gasteiger partial charge in [0.05, 0.1) is 39.3 Å². The first-order valence-electron chi connectivity index (χ1n) is 23.3. The summed E-state index contributed by atoms with van der Waals surface area (Å²) in [4.78, 5) is 122. The predicted octanol–water partition coefficient (Wildman–Crippen LogP) is 2.01. The van der Waals surface area contributed by atoms with Crippen LogP contribution in [0.3, 0.4) is 0 Å².